The zero-order valence-electron chi connectivity index (χ0n) is 22.4. The zero-order chi connectivity index (χ0) is 27.6. The van der Waals surface area contributed by atoms with E-state index in [-0.39, 0.29) is 0 Å². The summed E-state index contributed by atoms with van der Waals surface area (Å²) in [6, 6.07) is 47.1. The predicted molar refractivity (Wildman–Crippen MR) is 176 cm³/mol. The molecule has 0 fully saturated rings. The van der Waals surface area contributed by atoms with E-state index in [2.05, 4.69) is 103 Å². The van der Waals surface area contributed by atoms with Crippen LogP contribution in [0.1, 0.15) is 0 Å². The summed E-state index contributed by atoms with van der Waals surface area (Å²) in [6.07, 6.45) is 0. The summed E-state index contributed by atoms with van der Waals surface area (Å²) in [5, 5.41) is 3.58. The molecule has 6 aromatic carbocycles. The van der Waals surface area contributed by atoms with Gasteiger partial charge in [-0.3, -0.25) is 0 Å². The fraction of sp³-hybridized carbons (Fsp3) is 0. The van der Waals surface area contributed by atoms with Crippen LogP contribution in [0.15, 0.2) is 138 Å². The molecule has 0 aliphatic rings. The topological polar surface area (TPSA) is 38.9 Å². The van der Waals surface area contributed by atoms with Gasteiger partial charge in [0.2, 0.25) is 5.71 Å². The van der Waals surface area contributed by atoms with Crippen molar-refractivity contribution >= 4 is 64.7 Å². The number of aromatic nitrogens is 2. The summed E-state index contributed by atoms with van der Waals surface area (Å²) in [7, 11) is 0. The molecule has 3 nitrogen and oxygen atoms in total. The van der Waals surface area contributed by atoms with Crippen molar-refractivity contribution in [2.75, 3.05) is 0 Å². The third-order valence-corrected chi connectivity index (χ3v) is 9.38. The lowest BCUT2D eigenvalue weighted by atomic mass is 9.97. The molecule has 3 heterocycles. The Bertz CT molecular complexity index is 2470. The number of furan rings is 1. The molecule has 0 atom stereocenters. The third kappa shape index (κ3) is 3.59. The number of para-hydroxylation sites is 2. The van der Waals surface area contributed by atoms with E-state index in [0.29, 0.717) is 5.71 Å². The first-order valence-corrected chi connectivity index (χ1v) is 14.8. The minimum absolute atomic E-state index is 0.570. The molecule has 196 valence electrons. The average Bonchev–Trinajstić information content (AvgIpc) is 3.61. The lowest BCUT2D eigenvalue weighted by molar-refractivity contribution is 0.655. The number of benzene rings is 6. The Morgan fingerprint density at radius 1 is 0.452 bits per heavy atom. The molecule has 0 saturated heterocycles. The molecule has 0 amide bonds. The highest BCUT2D eigenvalue weighted by atomic mass is 32.1. The van der Waals surface area contributed by atoms with Crippen LogP contribution < -0.4 is 0 Å². The Morgan fingerprint density at radius 2 is 1.07 bits per heavy atom. The van der Waals surface area contributed by atoms with Crippen molar-refractivity contribution in [3.8, 4) is 33.4 Å². The van der Waals surface area contributed by atoms with Gasteiger partial charge in [0.15, 0.2) is 0 Å². The quantitative estimate of drug-likeness (QED) is 0.218. The van der Waals surface area contributed by atoms with Crippen LogP contribution in [0.3, 0.4) is 0 Å². The molecular weight excluding hydrogens is 532 g/mol. The first-order valence-electron chi connectivity index (χ1n) is 14.0. The number of fused-ring (bicyclic) bond motifs is 7. The predicted octanol–water partition coefficient (Wildman–Crippen LogP) is 10.9. The Balaban J connectivity index is 1.19. The van der Waals surface area contributed by atoms with Crippen molar-refractivity contribution in [1.82, 2.24) is 9.97 Å². The van der Waals surface area contributed by atoms with Crippen LogP contribution in [0.5, 0.6) is 0 Å². The van der Waals surface area contributed by atoms with Crippen molar-refractivity contribution in [3.05, 3.63) is 133 Å². The molecule has 42 heavy (non-hydrogen) atoms. The second-order valence-corrected chi connectivity index (χ2v) is 11.6. The number of hydrogen-bond acceptors (Lipinski definition) is 4. The van der Waals surface area contributed by atoms with Crippen LogP contribution in [0.4, 0.5) is 0 Å². The number of hydrogen-bond donors (Lipinski definition) is 0. The van der Waals surface area contributed by atoms with Gasteiger partial charge in [0.1, 0.15) is 11.1 Å². The van der Waals surface area contributed by atoms with Crippen molar-refractivity contribution < 1.29 is 4.42 Å². The van der Waals surface area contributed by atoms with E-state index in [1.165, 1.54) is 42.4 Å². The Labute approximate surface area is 245 Å². The maximum Gasteiger partial charge on any atom is 0.246 e. The summed E-state index contributed by atoms with van der Waals surface area (Å²) < 4.78 is 8.73. The van der Waals surface area contributed by atoms with Gasteiger partial charge < -0.3 is 4.42 Å². The summed E-state index contributed by atoms with van der Waals surface area (Å²) in [5.41, 5.74) is 11.1. The van der Waals surface area contributed by atoms with E-state index in [0.717, 1.165) is 38.6 Å². The van der Waals surface area contributed by atoms with Crippen LogP contribution in [0.25, 0.3) is 86.8 Å². The molecule has 0 unspecified atom stereocenters. The highest BCUT2D eigenvalue weighted by Crippen LogP contribution is 2.44. The van der Waals surface area contributed by atoms with E-state index >= 15 is 0 Å². The zero-order valence-corrected chi connectivity index (χ0v) is 23.2. The maximum absolute atomic E-state index is 6.09. The van der Waals surface area contributed by atoms with Crippen LogP contribution in [-0.4, -0.2) is 9.97 Å². The molecule has 9 aromatic rings. The van der Waals surface area contributed by atoms with E-state index in [4.69, 9.17) is 14.4 Å². The summed E-state index contributed by atoms with van der Waals surface area (Å²) in [5.74, 6) is 0. The van der Waals surface area contributed by atoms with Crippen LogP contribution in [-0.2, 0) is 0 Å². The van der Waals surface area contributed by atoms with Gasteiger partial charge in [0.05, 0.1) is 11.0 Å². The molecule has 3 aromatic heterocycles. The first-order chi connectivity index (χ1) is 20.8. The maximum atomic E-state index is 6.09. The van der Waals surface area contributed by atoms with Gasteiger partial charge >= 0.3 is 0 Å². The highest BCUT2D eigenvalue weighted by Gasteiger charge is 2.15. The molecule has 0 saturated carbocycles. The lowest BCUT2D eigenvalue weighted by Crippen LogP contribution is -1.84. The molecule has 0 radical (unpaired) electrons. The van der Waals surface area contributed by atoms with E-state index in [1.807, 2.05) is 41.7 Å². The molecule has 0 aliphatic heterocycles. The fourth-order valence-corrected chi connectivity index (χ4v) is 7.45. The molecule has 0 spiro atoms. The second kappa shape index (κ2) is 9.10. The average molecular weight is 555 g/mol. The summed E-state index contributed by atoms with van der Waals surface area (Å²) in [4.78, 5) is 9.61. The van der Waals surface area contributed by atoms with Gasteiger partial charge in [-0.15, -0.1) is 11.3 Å². The first kappa shape index (κ1) is 23.4. The van der Waals surface area contributed by atoms with E-state index in [9.17, 15) is 0 Å². The van der Waals surface area contributed by atoms with Gasteiger partial charge in [-0.25, -0.2) is 9.97 Å². The van der Waals surface area contributed by atoms with Gasteiger partial charge in [-0.05, 0) is 63.7 Å². The fourth-order valence-electron chi connectivity index (χ4n) is 6.08. The van der Waals surface area contributed by atoms with Crippen LogP contribution in [0, 0.1) is 0 Å². The lowest BCUT2D eigenvalue weighted by Gasteiger charge is -2.08. The largest absolute Gasteiger partial charge is 0.436 e. The van der Waals surface area contributed by atoms with Crippen molar-refractivity contribution in [2.24, 2.45) is 0 Å². The summed E-state index contributed by atoms with van der Waals surface area (Å²) >= 11 is 1.88. The van der Waals surface area contributed by atoms with Gasteiger partial charge in [0.25, 0.3) is 0 Å². The number of rotatable bonds is 3. The van der Waals surface area contributed by atoms with E-state index < -0.39 is 0 Å². The number of thiophene rings is 1. The Morgan fingerprint density at radius 3 is 1.86 bits per heavy atom. The van der Waals surface area contributed by atoms with Gasteiger partial charge in [-0.2, -0.15) is 0 Å². The Hall–Kier alpha value is -5.32. The molecule has 0 bridgehead atoms. The van der Waals surface area contributed by atoms with Gasteiger partial charge in [0, 0.05) is 25.6 Å². The highest BCUT2D eigenvalue weighted by molar-refractivity contribution is 7.26. The molecule has 0 aliphatic carbocycles. The minimum atomic E-state index is 0.570. The molecule has 9 rings (SSSR count). The van der Waals surface area contributed by atoms with Crippen molar-refractivity contribution in [2.45, 2.75) is 0 Å². The number of nitrogens with zero attached hydrogens (tertiary/aromatic N) is 2. The van der Waals surface area contributed by atoms with Crippen molar-refractivity contribution in [3.63, 3.8) is 0 Å². The third-order valence-electron chi connectivity index (χ3n) is 8.10. The smallest absolute Gasteiger partial charge is 0.246 e. The summed E-state index contributed by atoms with van der Waals surface area (Å²) in [6.45, 7) is 0. The SMILES string of the molecule is c1ccc(-c2cccc3c2sc2c(-c4cccc(-c5ccc6oc7nc8ccccc8nc7c6c5)c4)cccc23)cc1. The minimum Gasteiger partial charge on any atom is -0.436 e. The normalized spacial score (nSPS) is 11.8. The second-order valence-electron chi connectivity index (χ2n) is 10.6. The monoisotopic (exact) mass is 554 g/mol. The van der Waals surface area contributed by atoms with Crippen LogP contribution in [0.2, 0.25) is 0 Å². The molecule has 4 heteroatoms. The molecular formula is C38H22N2OS. The van der Waals surface area contributed by atoms with Crippen LogP contribution >= 0.6 is 11.3 Å². The van der Waals surface area contributed by atoms with Crippen molar-refractivity contribution in [1.29, 1.82) is 0 Å². The standard InChI is InChI=1S/C38H22N2OS/c1-2-9-23(10-3-1)27-13-7-15-29-30-16-8-14-28(37(30)42-36(27)29)26-12-6-11-24(21-26)25-19-20-34-31(22-25)35-38(41-34)40-33-18-5-4-17-32(33)39-35/h1-22H. The van der Waals surface area contributed by atoms with E-state index in [1.54, 1.807) is 0 Å². The molecule has 0 N–H and O–H groups in total. The Kier molecular flexibility index (Phi) is 5.07. The van der Waals surface area contributed by atoms with Gasteiger partial charge in [-0.1, -0.05) is 103 Å².